The number of carbonyl (C=O) groups excluding carboxylic acids is 1. The smallest absolute Gasteiger partial charge is 0.422 e. The topological polar surface area (TPSA) is 113 Å². The lowest BCUT2D eigenvalue weighted by Crippen LogP contribution is -2.56. The van der Waals surface area contributed by atoms with Crippen LogP contribution in [0.5, 0.6) is 0 Å². The van der Waals surface area contributed by atoms with Gasteiger partial charge >= 0.3 is 22.3 Å². The highest BCUT2D eigenvalue weighted by molar-refractivity contribution is 7.87. The number of piperidine rings is 1. The summed E-state index contributed by atoms with van der Waals surface area (Å²) in [7, 11) is -4.23. The van der Waals surface area contributed by atoms with Crippen LogP contribution >= 0.6 is 0 Å². The van der Waals surface area contributed by atoms with Crippen molar-refractivity contribution in [3.05, 3.63) is 0 Å². The minimum atomic E-state index is -4.23. The first-order chi connectivity index (χ1) is 9.15. The first-order valence-electron chi connectivity index (χ1n) is 6.38. The van der Waals surface area contributed by atoms with Crippen molar-refractivity contribution in [2.45, 2.75) is 45.8 Å². The van der Waals surface area contributed by atoms with Crippen molar-refractivity contribution in [1.82, 2.24) is 9.03 Å². The Kier molecular flexibility index (Phi) is 5.35. The molecule has 20 heavy (non-hydrogen) atoms. The Bertz CT molecular complexity index is 475. The van der Waals surface area contributed by atoms with Gasteiger partial charge in [-0.1, -0.05) is 6.92 Å². The van der Waals surface area contributed by atoms with E-state index in [0.717, 1.165) is 4.31 Å². The number of carboxylic acids is 1. The van der Waals surface area contributed by atoms with Gasteiger partial charge in [-0.2, -0.15) is 12.7 Å². The molecule has 1 heterocycles. The fourth-order valence-corrected chi connectivity index (χ4v) is 3.53. The SMILES string of the molecule is CC(C)OC(=O)NS(=O)(=O)N1CCCC(C)C1C(=O)O. The summed E-state index contributed by atoms with van der Waals surface area (Å²) in [6, 6.07) is -1.17. The molecule has 0 aromatic carbocycles. The average Bonchev–Trinajstić information content (AvgIpc) is 2.25. The zero-order chi connectivity index (χ0) is 15.5. The van der Waals surface area contributed by atoms with Crippen LogP contribution in [0.4, 0.5) is 4.79 Å². The molecule has 0 spiro atoms. The van der Waals surface area contributed by atoms with Crippen molar-refractivity contribution in [2.24, 2.45) is 5.92 Å². The largest absolute Gasteiger partial charge is 0.480 e. The maximum atomic E-state index is 12.1. The Morgan fingerprint density at radius 1 is 1.40 bits per heavy atom. The monoisotopic (exact) mass is 308 g/mol. The second-order valence-electron chi connectivity index (χ2n) is 5.07. The van der Waals surface area contributed by atoms with Crippen LogP contribution in [0.25, 0.3) is 0 Å². The summed E-state index contributed by atoms with van der Waals surface area (Å²) in [6.07, 6.45) is -0.409. The van der Waals surface area contributed by atoms with Crippen LogP contribution in [0.3, 0.4) is 0 Å². The van der Waals surface area contributed by atoms with Gasteiger partial charge in [0.05, 0.1) is 6.10 Å². The molecule has 1 aliphatic rings. The average molecular weight is 308 g/mol. The highest BCUT2D eigenvalue weighted by Crippen LogP contribution is 2.25. The number of carbonyl (C=O) groups is 2. The number of amides is 1. The number of carboxylic acid groups (broad SMARTS) is 1. The molecule has 0 radical (unpaired) electrons. The van der Waals surface area contributed by atoms with Gasteiger partial charge in [0.1, 0.15) is 6.04 Å². The minimum Gasteiger partial charge on any atom is -0.480 e. The molecule has 2 atom stereocenters. The van der Waals surface area contributed by atoms with Crippen LogP contribution in [0.2, 0.25) is 0 Å². The molecule has 8 nitrogen and oxygen atoms in total. The molecule has 0 aliphatic carbocycles. The Balaban J connectivity index is 2.89. The number of ether oxygens (including phenoxy) is 1. The van der Waals surface area contributed by atoms with E-state index in [1.54, 1.807) is 25.5 Å². The second kappa shape index (κ2) is 6.40. The van der Waals surface area contributed by atoms with Gasteiger partial charge < -0.3 is 9.84 Å². The molecule has 2 N–H and O–H groups in total. The molecule has 1 fully saturated rings. The van der Waals surface area contributed by atoms with Gasteiger partial charge in [-0.3, -0.25) is 4.79 Å². The third kappa shape index (κ3) is 4.07. The van der Waals surface area contributed by atoms with E-state index < -0.39 is 34.4 Å². The molecular formula is C11H20N2O6S. The maximum absolute atomic E-state index is 12.1. The molecule has 116 valence electrons. The number of hydrogen-bond donors (Lipinski definition) is 2. The van der Waals surface area contributed by atoms with Crippen LogP contribution in [0, 0.1) is 5.92 Å². The first-order valence-corrected chi connectivity index (χ1v) is 7.82. The Labute approximate surface area is 118 Å². The van der Waals surface area contributed by atoms with Crippen molar-refractivity contribution in [1.29, 1.82) is 0 Å². The number of nitrogens with one attached hydrogen (secondary N) is 1. The predicted molar refractivity (Wildman–Crippen MR) is 70.2 cm³/mol. The van der Waals surface area contributed by atoms with Crippen molar-refractivity contribution in [3.63, 3.8) is 0 Å². The van der Waals surface area contributed by atoms with E-state index in [0.29, 0.717) is 12.8 Å². The predicted octanol–water partition coefficient (Wildman–Crippen LogP) is 0.551. The lowest BCUT2D eigenvalue weighted by atomic mass is 9.93. The standard InChI is InChI=1S/C11H20N2O6S/c1-7(2)19-11(16)12-20(17,18)13-6-4-5-8(3)9(13)10(14)15/h7-9H,4-6H2,1-3H3,(H,12,16)(H,14,15). The number of hydrogen-bond acceptors (Lipinski definition) is 5. The molecular weight excluding hydrogens is 288 g/mol. The van der Waals surface area contributed by atoms with Gasteiger partial charge in [-0.25, -0.2) is 9.52 Å². The highest BCUT2D eigenvalue weighted by Gasteiger charge is 2.41. The molecule has 0 aromatic heterocycles. The van der Waals surface area contributed by atoms with E-state index in [9.17, 15) is 23.1 Å². The fraction of sp³-hybridized carbons (Fsp3) is 0.818. The van der Waals surface area contributed by atoms with Gasteiger partial charge in [0.25, 0.3) is 0 Å². The molecule has 9 heteroatoms. The van der Waals surface area contributed by atoms with E-state index in [1.165, 1.54) is 0 Å². The third-order valence-corrected chi connectivity index (χ3v) is 4.46. The van der Waals surface area contributed by atoms with E-state index in [4.69, 9.17) is 4.74 Å². The quantitative estimate of drug-likeness (QED) is 0.784. The minimum absolute atomic E-state index is 0.0611. The van der Waals surface area contributed by atoms with Gasteiger partial charge in [-0.15, -0.1) is 0 Å². The van der Waals surface area contributed by atoms with Crippen LogP contribution in [-0.2, 0) is 19.7 Å². The molecule has 1 amide bonds. The van der Waals surface area contributed by atoms with Crippen molar-refractivity contribution < 1.29 is 27.9 Å². The van der Waals surface area contributed by atoms with Gasteiger partial charge in [0, 0.05) is 6.54 Å². The molecule has 1 rings (SSSR count). The molecule has 0 bridgehead atoms. The fourth-order valence-electron chi connectivity index (χ4n) is 2.19. The Morgan fingerprint density at radius 3 is 2.50 bits per heavy atom. The number of aliphatic carboxylic acids is 1. The van der Waals surface area contributed by atoms with Crippen LogP contribution in [0.1, 0.15) is 33.6 Å². The van der Waals surface area contributed by atoms with E-state index in [2.05, 4.69) is 0 Å². The van der Waals surface area contributed by atoms with Crippen molar-refractivity contribution in [3.8, 4) is 0 Å². The van der Waals surface area contributed by atoms with E-state index >= 15 is 0 Å². The summed E-state index contributed by atoms with van der Waals surface area (Å²) >= 11 is 0. The van der Waals surface area contributed by atoms with Gasteiger partial charge in [0.15, 0.2) is 0 Å². The molecule has 1 saturated heterocycles. The van der Waals surface area contributed by atoms with Crippen molar-refractivity contribution >= 4 is 22.3 Å². The summed E-state index contributed by atoms with van der Waals surface area (Å²) in [5, 5.41) is 9.17. The first kappa shape index (κ1) is 16.7. The second-order valence-corrected chi connectivity index (χ2v) is 6.70. The summed E-state index contributed by atoms with van der Waals surface area (Å²) in [6.45, 7) is 4.89. The van der Waals surface area contributed by atoms with E-state index in [-0.39, 0.29) is 12.5 Å². The molecule has 1 aliphatic heterocycles. The van der Waals surface area contributed by atoms with Crippen LogP contribution in [-0.4, -0.2) is 48.6 Å². The lowest BCUT2D eigenvalue weighted by Gasteiger charge is -2.35. The summed E-state index contributed by atoms with van der Waals surface area (Å²) in [4.78, 5) is 22.6. The molecule has 0 saturated carbocycles. The zero-order valence-corrected chi connectivity index (χ0v) is 12.5. The Morgan fingerprint density at radius 2 is 2.00 bits per heavy atom. The normalized spacial score (nSPS) is 24.4. The number of nitrogens with zero attached hydrogens (tertiary/aromatic N) is 1. The zero-order valence-electron chi connectivity index (χ0n) is 11.7. The molecule has 0 aromatic rings. The van der Waals surface area contributed by atoms with Crippen molar-refractivity contribution in [2.75, 3.05) is 6.54 Å². The number of rotatable bonds is 4. The highest BCUT2D eigenvalue weighted by atomic mass is 32.2. The van der Waals surface area contributed by atoms with Crippen LogP contribution in [0.15, 0.2) is 0 Å². The lowest BCUT2D eigenvalue weighted by molar-refractivity contribution is -0.144. The maximum Gasteiger partial charge on any atom is 0.422 e. The van der Waals surface area contributed by atoms with Gasteiger partial charge in [0.2, 0.25) is 0 Å². The van der Waals surface area contributed by atoms with E-state index in [1.807, 2.05) is 0 Å². The Hall–Kier alpha value is -1.35. The summed E-state index contributed by atoms with van der Waals surface area (Å²) < 4.78 is 31.4. The summed E-state index contributed by atoms with van der Waals surface area (Å²) in [5.41, 5.74) is 0. The van der Waals surface area contributed by atoms with Gasteiger partial charge in [-0.05, 0) is 32.6 Å². The summed E-state index contributed by atoms with van der Waals surface area (Å²) in [5.74, 6) is -1.54. The van der Waals surface area contributed by atoms with Crippen LogP contribution < -0.4 is 4.72 Å². The third-order valence-electron chi connectivity index (χ3n) is 3.00. The molecule has 2 unspecified atom stereocenters.